The highest BCUT2D eigenvalue weighted by atomic mass is 16.3. The summed E-state index contributed by atoms with van der Waals surface area (Å²) in [5.41, 5.74) is 10.9. The maximum absolute atomic E-state index is 6.55. The molecule has 0 bridgehead atoms. The van der Waals surface area contributed by atoms with Crippen LogP contribution in [-0.2, 0) is 0 Å². The van der Waals surface area contributed by atoms with Crippen LogP contribution >= 0.6 is 0 Å². The van der Waals surface area contributed by atoms with Gasteiger partial charge in [-0.2, -0.15) is 0 Å². The van der Waals surface area contributed by atoms with Crippen molar-refractivity contribution in [2.75, 3.05) is 0 Å². The highest BCUT2D eigenvalue weighted by Crippen LogP contribution is 2.46. The van der Waals surface area contributed by atoms with E-state index in [-0.39, 0.29) is 0 Å². The Kier molecular flexibility index (Phi) is 5.31. The van der Waals surface area contributed by atoms with Crippen molar-refractivity contribution in [1.82, 2.24) is 0 Å². The van der Waals surface area contributed by atoms with Gasteiger partial charge in [-0.05, 0) is 74.1 Å². The standard InChI is InChI=1S/C44H26O2/c1-2-12-27(13-3-1)42-32-18-8-16-28(34-20-10-22-36-30-14-4-6-24-40(30)45-43(34)36)38(32)26-39-29(17-9-19-33(39)42)35-21-11-23-37-31-15-5-7-25-41(31)46-44(35)37/h1-26H/p+1. The highest BCUT2D eigenvalue weighted by molar-refractivity contribution is 6.22. The fourth-order valence-electron chi connectivity index (χ4n) is 7.53. The summed E-state index contributed by atoms with van der Waals surface area (Å²) in [7, 11) is 0. The van der Waals surface area contributed by atoms with E-state index in [4.69, 9.17) is 8.83 Å². The Morgan fingerprint density at radius 2 is 0.935 bits per heavy atom. The van der Waals surface area contributed by atoms with Gasteiger partial charge in [0, 0.05) is 22.4 Å². The van der Waals surface area contributed by atoms with Crippen LogP contribution in [0.15, 0.2) is 167 Å². The van der Waals surface area contributed by atoms with Crippen molar-refractivity contribution in [1.29, 1.82) is 0 Å². The summed E-state index contributed by atoms with van der Waals surface area (Å²) in [6, 6.07) is 56.4. The van der Waals surface area contributed by atoms with Crippen LogP contribution < -0.4 is 0 Å². The SMILES string of the molecule is c1ccc(-c2c3cccc(-c4cccc5c4oc4ccccc45)c3cc3c(-c4cccc5c4[oH+]c4ccccc45)cccc23)cc1. The molecule has 0 aliphatic rings. The van der Waals surface area contributed by atoms with E-state index in [9.17, 15) is 0 Å². The molecule has 0 aliphatic heterocycles. The Morgan fingerprint density at radius 1 is 0.370 bits per heavy atom. The van der Waals surface area contributed by atoms with Crippen LogP contribution in [0.2, 0.25) is 0 Å². The van der Waals surface area contributed by atoms with Crippen molar-refractivity contribution in [3.05, 3.63) is 158 Å². The van der Waals surface area contributed by atoms with E-state index in [1.54, 1.807) is 0 Å². The first-order valence-electron chi connectivity index (χ1n) is 15.7. The molecule has 1 N–H and O–H groups in total. The van der Waals surface area contributed by atoms with Gasteiger partial charge in [-0.1, -0.05) is 121 Å². The monoisotopic (exact) mass is 587 g/mol. The van der Waals surface area contributed by atoms with E-state index in [0.29, 0.717) is 0 Å². The van der Waals surface area contributed by atoms with E-state index < -0.39 is 0 Å². The van der Waals surface area contributed by atoms with Crippen molar-refractivity contribution in [2.45, 2.75) is 0 Å². The number of hydrogen-bond donors (Lipinski definition) is 0. The van der Waals surface area contributed by atoms with Crippen LogP contribution in [-0.4, -0.2) is 0 Å². The van der Waals surface area contributed by atoms with Gasteiger partial charge in [-0.15, -0.1) is 0 Å². The van der Waals surface area contributed by atoms with E-state index in [2.05, 4.69) is 152 Å². The molecule has 0 unspecified atom stereocenters. The molecule has 46 heavy (non-hydrogen) atoms. The Balaban J connectivity index is 1.34. The molecular formula is C44H27O2+. The second-order valence-electron chi connectivity index (χ2n) is 12.0. The van der Waals surface area contributed by atoms with Gasteiger partial charge >= 0.3 is 0 Å². The highest BCUT2D eigenvalue weighted by Gasteiger charge is 2.22. The molecule has 2 aromatic heterocycles. The predicted octanol–water partition coefficient (Wildman–Crippen LogP) is 12.9. The summed E-state index contributed by atoms with van der Waals surface area (Å²) in [4.78, 5) is 0. The number of fused-ring (bicyclic) bond motifs is 8. The zero-order valence-electron chi connectivity index (χ0n) is 24.9. The normalized spacial score (nSPS) is 11.9. The molecule has 2 nitrogen and oxygen atoms in total. The lowest BCUT2D eigenvalue weighted by Crippen LogP contribution is -1.91. The zero-order chi connectivity index (χ0) is 30.2. The van der Waals surface area contributed by atoms with E-state index in [0.717, 1.165) is 49.8 Å². The quantitative estimate of drug-likeness (QED) is 0.149. The average Bonchev–Trinajstić information content (AvgIpc) is 3.69. The molecule has 0 saturated heterocycles. The van der Waals surface area contributed by atoms with Crippen LogP contribution in [0.3, 0.4) is 0 Å². The van der Waals surface area contributed by atoms with Crippen molar-refractivity contribution >= 4 is 65.4 Å². The fraction of sp³-hybridized carbons (Fsp3) is 0. The summed E-state index contributed by atoms with van der Waals surface area (Å²) in [5, 5.41) is 9.50. The molecule has 0 amide bonds. The summed E-state index contributed by atoms with van der Waals surface area (Å²) in [6.45, 7) is 0. The van der Waals surface area contributed by atoms with E-state index in [1.807, 2.05) is 6.07 Å². The number of rotatable bonds is 3. The van der Waals surface area contributed by atoms with Crippen molar-refractivity contribution < 1.29 is 8.83 Å². The largest absolute Gasteiger partial charge is 0.545 e. The first-order chi connectivity index (χ1) is 22.8. The molecule has 0 spiro atoms. The Bertz CT molecular complexity index is 2630. The van der Waals surface area contributed by atoms with Gasteiger partial charge in [0.25, 0.3) is 11.2 Å². The molecule has 2 heterocycles. The third kappa shape index (κ3) is 3.59. The minimum absolute atomic E-state index is 0.908. The first kappa shape index (κ1) is 25.2. The van der Waals surface area contributed by atoms with Crippen LogP contribution in [0.4, 0.5) is 0 Å². The first-order valence-corrected chi connectivity index (χ1v) is 15.7. The minimum atomic E-state index is 0.908. The van der Waals surface area contributed by atoms with Gasteiger partial charge in [-0.25, -0.2) is 0 Å². The zero-order valence-corrected chi connectivity index (χ0v) is 24.9. The summed E-state index contributed by atoms with van der Waals surface area (Å²) >= 11 is 0. The lowest BCUT2D eigenvalue weighted by molar-refractivity contribution is 0.669. The minimum Gasteiger partial charge on any atom is -0.545 e. The molecule has 2 heteroatoms. The van der Waals surface area contributed by atoms with Crippen molar-refractivity contribution in [3.63, 3.8) is 0 Å². The van der Waals surface area contributed by atoms with Gasteiger partial charge in [0.1, 0.15) is 11.2 Å². The number of benzene rings is 8. The maximum atomic E-state index is 6.55. The van der Waals surface area contributed by atoms with Gasteiger partial charge < -0.3 is 8.83 Å². The third-order valence-electron chi connectivity index (χ3n) is 9.55. The van der Waals surface area contributed by atoms with Gasteiger partial charge in [-0.3, -0.25) is 0 Å². The second kappa shape index (κ2) is 9.69. The molecule has 0 radical (unpaired) electrons. The van der Waals surface area contributed by atoms with Crippen LogP contribution in [0.1, 0.15) is 0 Å². The second-order valence-corrected chi connectivity index (χ2v) is 12.0. The number of para-hydroxylation sites is 4. The molecule has 0 fully saturated rings. The number of hydrogen-bond acceptors (Lipinski definition) is 1. The molecule has 8 aromatic carbocycles. The van der Waals surface area contributed by atoms with Gasteiger partial charge in [0.15, 0.2) is 0 Å². The van der Waals surface area contributed by atoms with E-state index >= 15 is 0 Å². The average molecular weight is 588 g/mol. The molecule has 10 rings (SSSR count). The summed E-state index contributed by atoms with van der Waals surface area (Å²) in [5.74, 6) is 0. The maximum Gasteiger partial charge on any atom is 0.277 e. The summed E-state index contributed by atoms with van der Waals surface area (Å²) < 4.78 is 11.7. The molecule has 0 saturated carbocycles. The van der Waals surface area contributed by atoms with Crippen molar-refractivity contribution in [3.8, 4) is 33.4 Å². The third-order valence-corrected chi connectivity index (χ3v) is 9.55. The molecule has 0 atom stereocenters. The Labute approximate surface area is 264 Å². The van der Waals surface area contributed by atoms with E-state index in [1.165, 1.54) is 49.0 Å². The lowest BCUT2D eigenvalue weighted by atomic mass is 9.86. The van der Waals surface area contributed by atoms with Crippen LogP contribution in [0, 0.1) is 0 Å². The topological polar surface area (TPSA) is 25.9 Å². The molecular weight excluding hydrogens is 560 g/mol. The fourth-order valence-corrected chi connectivity index (χ4v) is 7.53. The van der Waals surface area contributed by atoms with Crippen LogP contribution in [0.25, 0.3) is 98.8 Å². The predicted molar refractivity (Wildman–Crippen MR) is 193 cm³/mol. The molecule has 0 aliphatic carbocycles. The van der Waals surface area contributed by atoms with Gasteiger partial charge in [0.05, 0.1) is 16.3 Å². The smallest absolute Gasteiger partial charge is 0.277 e. The number of furan rings is 2. The lowest BCUT2D eigenvalue weighted by Gasteiger charge is -2.17. The van der Waals surface area contributed by atoms with Crippen molar-refractivity contribution in [2.24, 2.45) is 0 Å². The molecule has 214 valence electrons. The Hall–Kier alpha value is -6.12. The van der Waals surface area contributed by atoms with Crippen LogP contribution in [0.5, 0.6) is 0 Å². The van der Waals surface area contributed by atoms with Gasteiger partial charge in [0.2, 0.25) is 0 Å². The Morgan fingerprint density at radius 3 is 1.72 bits per heavy atom. The summed E-state index contributed by atoms with van der Waals surface area (Å²) in [6.07, 6.45) is 0. The molecule has 10 aromatic rings.